The predicted molar refractivity (Wildman–Crippen MR) is 30.7 cm³/mol. The molecule has 9 heavy (non-hydrogen) atoms. The van der Waals surface area contributed by atoms with E-state index in [9.17, 15) is 9.18 Å². The van der Waals surface area contributed by atoms with Crippen LogP contribution in [0.1, 0.15) is 19.8 Å². The van der Waals surface area contributed by atoms with Gasteiger partial charge in [-0.15, -0.1) is 0 Å². The standard InChI is InChI=1S/C7H9FO/c1-7(8)4-2-3-5(9)6(4)7/h4,6H,2-3H2,1H3/t4-,6-,7-/m0/s1. The third-order valence-electron chi connectivity index (χ3n) is 2.67. The monoisotopic (exact) mass is 128 g/mol. The second-order valence-corrected chi connectivity index (χ2v) is 3.24. The number of ketones is 1. The summed E-state index contributed by atoms with van der Waals surface area (Å²) in [6.45, 7) is 1.54. The second-order valence-electron chi connectivity index (χ2n) is 3.24. The Hall–Kier alpha value is -0.400. The molecule has 2 fully saturated rings. The quantitative estimate of drug-likeness (QED) is 0.481. The molecule has 0 aromatic carbocycles. The Morgan fingerprint density at radius 1 is 1.78 bits per heavy atom. The second kappa shape index (κ2) is 1.20. The minimum absolute atomic E-state index is 0.0880. The van der Waals surface area contributed by atoms with Crippen molar-refractivity contribution in [1.82, 2.24) is 0 Å². The first-order valence-electron chi connectivity index (χ1n) is 3.35. The molecule has 2 heteroatoms. The van der Waals surface area contributed by atoms with Crippen LogP contribution in [0.4, 0.5) is 4.39 Å². The summed E-state index contributed by atoms with van der Waals surface area (Å²) in [6.07, 6.45) is 1.41. The fraction of sp³-hybridized carbons (Fsp3) is 0.857. The zero-order chi connectivity index (χ0) is 6.65. The van der Waals surface area contributed by atoms with Crippen molar-refractivity contribution >= 4 is 5.78 Å². The zero-order valence-corrected chi connectivity index (χ0v) is 5.36. The molecule has 0 heterocycles. The van der Waals surface area contributed by atoms with Crippen molar-refractivity contribution in [2.75, 3.05) is 0 Å². The molecule has 0 spiro atoms. The van der Waals surface area contributed by atoms with Crippen molar-refractivity contribution in [2.24, 2.45) is 11.8 Å². The van der Waals surface area contributed by atoms with E-state index < -0.39 is 5.67 Å². The molecule has 1 nitrogen and oxygen atoms in total. The fourth-order valence-corrected chi connectivity index (χ4v) is 2.01. The van der Waals surface area contributed by atoms with E-state index in [0.29, 0.717) is 6.42 Å². The molecule has 0 N–H and O–H groups in total. The molecule has 2 aliphatic carbocycles. The molecule has 0 unspecified atom stereocenters. The van der Waals surface area contributed by atoms with E-state index in [4.69, 9.17) is 0 Å². The van der Waals surface area contributed by atoms with Crippen molar-refractivity contribution in [1.29, 1.82) is 0 Å². The molecule has 0 aliphatic heterocycles. The number of hydrogen-bond acceptors (Lipinski definition) is 1. The van der Waals surface area contributed by atoms with E-state index in [1.165, 1.54) is 0 Å². The van der Waals surface area contributed by atoms with Gasteiger partial charge in [-0.25, -0.2) is 4.39 Å². The number of hydrogen-bond donors (Lipinski definition) is 0. The van der Waals surface area contributed by atoms with Gasteiger partial charge in [-0.2, -0.15) is 0 Å². The summed E-state index contributed by atoms with van der Waals surface area (Å²) in [4.78, 5) is 10.8. The summed E-state index contributed by atoms with van der Waals surface area (Å²) >= 11 is 0. The summed E-state index contributed by atoms with van der Waals surface area (Å²) in [5.74, 6) is 0.0208. The molecule has 2 aliphatic rings. The third-order valence-corrected chi connectivity index (χ3v) is 2.67. The normalized spacial score (nSPS) is 55.6. The van der Waals surface area contributed by atoms with Crippen LogP contribution in [-0.4, -0.2) is 11.5 Å². The first-order chi connectivity index (χ1) is 4.14. The van der Waals surface area contributed by atoms with Gasteiger partial charge in [0, 0.05) is 12.3 Å². The lowest BCUT2D eigenvalue weighted by Crippen LogP contribution is -2.08. The number of carbonyl (C=O) groups excluding carboxylic acids is 1. The number of alkyl halides is 1. The molecule has 50 valence electrons. The van der Waals surface area contributed by atoms with Crippen LogP contribution in [0, 0.1) is 11.8 Å². The van der Waals surface area contributed by atoms with E-state index in [1.807, 2.05) is 0 Å². The van der Waals surface area contributed by atoms with Crippen molar-refractivity contribution in [3.8, 4) is 0 Å². The van der Waals surface area contributed by atoms with Crippen LogP contribution in [0.15, 0.2) is 0 Å². The molecule has 0 bridgehead atoms. The largest absolute Gasteiger partial charge is 0.299 e. The summed E-state index contributed by atoms with van der Waals surface area (Å²) < 4.78 is 12.9. The molecule has 0 amide bonds. The van der Waals surface area contributed by atoms with Gasteiger partial charge in [0.2, 0.25) is 0 Å². The van der Waals surface area contributed by atoms with Gasteiger partial charge in [-0.05, 0) is 13.3 Å². The average Bonchev–Trinajstić information content (AvgIpc) is 2.19. The lowest BCUT2D eigenvalue weighted by atomic mass is 10.1. The van der Waals surface area contributed by atoms with Gasteiger partial charge in [0.25, 0.3) is 0 Å². The van der Waals surface area contributed by atoms with E-state index in [-0.39, 0.29) is 17.6 Å². The van der Waals surface area contributed by atoms with Gasteiger partial charge in [0.1, 0.15) is 11.5 Å². The van der Waals surface area contributed by atoms with E-state index in [2.05, 4.69) is 0 Å². The van der Waals surface area contributed by atoms with E-state index in [0.717, 1.165) is 6.42 Å². The molecule has 0 aromatic heterocycles. The van der Waals surface area contributed by atoms with E-state index in [1.54, 1.807) is 6.92 Å². The van der Waals surface area contributed by atoms with Crippen molar-refractivity contribution in [2.45, 2.75) is 25.4 Å². The highest BCUT2D eigenvalue weighted by molar-refractivity contribution is 5.88. The number of halogens is 1. The van der Waals surface area contributed by atoms with Crippen LogP contribution in [0.5, 0.6) is 0 Å². The van der Waals surface area contributed by atoms with Crippen LogP contribution in [-0.2, 0) is 4.79 Å². The summed E-state index contributed by atoms with van der Waals surface area (Å²) in [6, 6.07) is 0. The number of carbonyl (C=O) groups is 1. The topological polar surface area (TPSA) is 17.1 Å². The lowest BCUT2D eigenvalue weighted by molar-refractivity contribution is -0.120. The molecule has 3 atom stereocenters. The van der Waals surface area contributed by atoms with Crippen LogP contribution in [0.2, 0.25) is 0 Å². The Bertz CT molecular complexity index is 174. The van der Waals surface area contributed by atoms with Gasteiger partial charge in [0.05, 0.1) is 5.92 Å². The van der Waals surface area contributed by atoms with Crippen LogP contribution >= 0.6 is 0 Å². The molecular formula is C7H9FO. The fourth-order valence-electron chi connectivity index (χ4n) is 2.01. The Labute approximate surface area is 53.2 Å². The number of rotatable bonds is 0. The average molecular weight is 128 g/mol. The third kappa shape index (κ3) is 0.467. The van der Waals surface area contributed by atoms with Crippen molar-refractivity contribution in [3.05, 3.63) is 0 Å². The maximum absolute atomic E-state index is 12.9. The number of fused-ring (bicyclic) bond motifs is 1. The van der Waals surface area contributed by atoms with Crippen molar-refractivity contribution in [3.63, 3.8) is 0 Å². The highest BCUT2D eigenvalue weighted by atomic mass is 19.1. The summed E-state index contributed by atoms with van der Waals surface area (Å²) in [7, 11) is 0. The van der Waals surface area contributed by atoms with Crippen LogP contribution in [0.25, 0.3) is 0 Å². The lowest BCUT2D eigenvalue weighted by Gasteiger charge is -2.00. The van der Waals surface area contributed by atoms with Gasteiger partial charge in [0.15, 0.2) is 0 Å². The Morgan fingerprint density at radius 2 is 2.44 bits per heavy atom. The van der Waals surface area contributed by atoms with Gasteiger partial charge in [-0.1, -0.05) is 0 Å². The molecule has 2 rings (SSSR count). The summed E-state index contributed by atoms with van der Waals surface area (Å²) in [5.41, 5.74) is -1.12. The molecular weight excluding hydrogens is 119 g/mol. The smallest absolute Gasteiger partial charge is 0.139 e. The minimum Gasteiger partial charge on any atom is -0.299 e. The first kappa shape index (κ1) is 5.39. The molecule has 2 saturated carbocycles. The van der Waals surface area contributed by atoms with Gasteiger partial charge < -0.3 is 0 Å². The first-order valence-corrected chi connectivity index (χ1v) is 3.35. The Kier molecular flexibility index (Phi) is 0.719. The van der Waals surface area contributed by atoms with Crippen LogP contribution < -0.4 is 0 Å². The maximum atomic E-state index is 12.9. The SMILES string of the molecule is C[C@@]1(F)[C@@H]2C(=O)CC[C@@H]21. The molecule has 0 aromatic rings. The molecule has 0 saturated heterocycles. The van der Waals surface area contributed by atoms with Gasteiger partial charge in [-0.3, -0.25) is 4.79 Å². The van der Waals surface area contributed by atoms with E-state index >= 15 is 0 Å². The Balaban J connectivity index is 2.23. The minimum atomic E-state index is -1.12. The summed E-state index contributed by atoms with van der Waals surface area (Å²) in [5, 5.41) is 0. The highest BCUT2D eigenvalue weighted by Crippen LogP contribution is 2.60. The molecule has 0 radical (unpaired) electrons. The maximum Gasteiger partial charge on any atom is 0.139 e. The van der Waals surface area contributed by atoms with Crippen LogP contribution in [0.3, 0.4) is 0 Å². The van der Waals surface area contributed by atoms with Gasteiger partial charge >= 0.3 is 0 Å². The predicted octanol–water partition coefficient (Wildman–Crippen LogP) is 1.32. The highest BCUT2D eigenvalue weighted by Gasteiger charge is 2.68. The van der Waals surface area contributed by atoms with Crippen molar-refractivity contribution < 1.29 is 9.18 Å². The number of Topliss-reactive ketones (excluding diaryl/α,β-unsaturated/α-hetero) is 1. The zero-order valence-electron chi connectivity index (χ0n) is 5.36. The Morgan fingerprint density at radius 3 is 2.67 bits per heavy atom.